The number of rotatable bonds is 8. The Balaban J connectivity index is 2.34. The Morgan fingerprint density at radius 2 is 2.14 bits per heavy atom. The molecule has 0 spiro atoms. The molecule has 0 fully saturated rings. The number of nitrogen functional groups attached to an aromatic ring is 1. The predicted molar refractivity (Wildman–Crippen MR) is 86.8 cm³/mol. The van der Waals surface area contributed by atoms with Crippen molar-refractivity contribution in [3.63, 3.8) is 0 Å². The minimum absolute atomic E-state index is 0.131. The summed E-state index contributed by atoms with van der Waals surface area (Å²) < 4.78 is 25.4. The number of benzene rings is 1. The third-order valence-electron chi connectivity index (χ3n) is 2.54. The monoisotopic (exact) mass is 331 g/mol. The van der Waals surface area contributed by atoms with Crippen LogP contribution in [0.3, 0.4) is 0 Å². The van der Waals surface area contributed by atoms with Gasteiger partial charge in [-0.15, -0.1) is 11.8 Å². The number of sulfonamides is 1. The van der Waals surface area contributed by atoms with E-state index in [2.05, 4.69) is 5.32 Å². The summed E-state index contributed by atoms with van der Waals surface area (Å²) in [5.41, 5.74) is 6.28. The van der Waals surface area contributed by atoms with Crippen LogP contribution in [0.4, 0.5) is 10.5 Å². The highest BCUT2D eigenvalue weighted by Gasteiger charge is 2.14. The van der Waals surface area contributed by atoms with E-state index in [4.69, 9.17) is 5.73 Å². The SMILES string of the molecule is CCCCNC(=O)NS(=O)(=O)CCSc1cccc(N)c1. The first-order valence-corrected chi connectivity index (χ1v) is 9.33. The van der Waals surface area contributed by atoms with Crippen LogP contribution in [0.25, 0.3) is 0 Å². The molecule has 0 bridgehead atoms. The molecule has 8 heteroatoms. The number of nitrogens with one attached hydrogen (secondary N) is 2. The van der Waals surface area contributed by atoms with Crippen molar-refractivity contribution >= 4 is 33.5 Å². The molecule has 6 nitrogen and oxygen atoms in total. The molecule has 0 saturated heterocycles. The number of unbranched alkanes of at least 4 members (excludes halogenated alkanes) is 1. The van der Waals surface area contributed by atoms with Crippen LogP contribution in [0.2, 0.25) is 0 Å². The van der Waals surface area contributed by atoms with E-state index in [0.717, 1.165) is 17.7 Å². The summed E-state index contributed by atoms with van der Waals surface area (Å²) in [5.74, 6) is 0.217. The van der Waals surface area contributed by atoms with Crippen molar-refractivity contribution in [2.75, 3.05) is 23.8 Å². The van der Waals surface area contributed by atoms with Crippen LogP contribution in [-0.2, 0) is 10.0 Å². The van der Waals surface area contributed by atoms with Gasteiger partial charge in [0.15, 0.2) is 0 Å². The molecule has 0 aromatic heterocycles. The zero-order valence-corrected chi connectivity index (χ0v) is 13.6. The van der Waals surface area contributed by atoms with Gasteiger partial charge in [0.25, 0.3) is 0 Å². The van der Waals surface area contributed by atoms with Crippen LogP contribution < -0.4 is 15.8 Å². The lowest BCUT2D eigenvalue weighted by molar-refractivity contribution is 0.245. The highest BCUT2D eigenvalue weighted by atomic mass is 32.2. The van der Waals surface area contributed by atoms with Gasteiger partial charge < -0.3 is 11.1 Å². The number of amides is 2. The van der Waals surface area contributed by atoms with Gasteiger partial charge in [0.05, 0.1) is 5.75 Å². The van der Waals surface area contributed by atoms with Gasteiger partial charge >= 0.3 is 6.03 Å². The fraction of sp³-hybridized carbons (Fsp3) is 0.462. The summed E-state index contributed by atoms with van der Waals surface area (Å²) >= 11 is 1.38. The van der Waals surface area contributed by atoms with E-state index in [1.807, 2.05) is 23.8 Å². The lowest BCUT2D eigenvalue weighted by atomic mass is 10.3. The normalized spacial score (nSPS) is 11.1. The molecule has 0 saturated carbocycles. The van der Waals surface area contributed by atoms with E-state index in [-0.39, 0.29) is 5.75 Å². The van der Waals surface area contributed by atoms with Crippen molar-refractivity contribution in [3.8, 4) is 0 Å². The molecule has 0 aliphatic carbocycles. The first-order valence-electron chi connectivity index (χ1n) is 6.69. The Bertz CT molecular complexity index is 562. The molecule has 118 valence electrons. The lowest BCUT2D eigenvalue weighted by Gasteiger charge is -2.08. The van der Waals surface area contributed by atoms with Crippen LogP contribution in [-0.4, -0.2) is 32.5 Å². The molecule has 0 atom stereocenters. The van der Waals surface area contributed by atoms with Gasteiger partial charge in [-0.1, -0.05) is 19.4 Å². The summed E-state index contributed by atoms with van der Waals surface area (Å²) in [6, 6.07) is 6.55. The van der Waals surface area contributed by atoms with Gasteiger partial charge in [0.1, 0.15) is 0 Å². The number of urea groups is 1. The van der Waals surface area contributed by atoms with E-state index < -0.39 is 16.1 Å². The Kier molecular flexibility index (Phi) is 7.38. The quantitative estimate of drug-likeness (QED) is 0.383. The van der Waals surface area contributed by atoms with Crippen LogP contribution >= 0.6 is 11.8 Å². The summed E-state index contributed by atoms with van der Waals surface area (Å²) in [6.45, 7) is 2.46. The van der Waals surface area contributed by atoms with Crippen molar-refractivity contribution in [1.82, 2.24) is 10.0 Å². The van der Waals surface area contributed by atoms with Crippen molar-refractivity contribution in [3.05, 3.63) is 24.3 Å². The maximum Gasteiger partial charge on any atom is 0.328 e. The number of carbonyl (C=O) groups is 1. The molecule has 2 amide bonds. The summed E-state index contributed by atoms with van der Waals surface area (Å²) in [5, 5.41) is 2.50. The minimum atomic E-state index is -3.61. The molecule has 0 aliphatic heterocycles. The molecule has 1 aromatic carbocycles. The van der Waals surface area contributed by atoms with E-state index in [0.29, 0.717) is 18.0 Å². The third-order valence-corrected chi connectivity index (χ3v) is 5.03. The van der Waals surface area contributed by atoms with Crippen LogP contribution in [0.15, 0.2) is 29.2 Å². The van der Waals surface area contributed by atoms with Gasteiger partial charge in [-0.25, -0.2) is 17.9 Å². The van der Waals surface area contributed by atoms with E-state index in [1.165, 1.54) is 11.8 Å². The average molecular weight is 331 g/mol. The van der Waals surface area contributed by atoms with Gasteiger partial charge in [-0.2, -0.15) is 0 Å². The lowest BCUT2D eigenvalue weighted by Crippen LogP contribution is -2.41. The second-order valence-corrected chi connectivity index (χ2v) is 7.46. The van der Waals surface area contributed by atoms with Crippen LogP contribution in [0, 0.1) is 0 Å². The number of thioether (sulfide) groups is 1. The zero-order valence-electron chi connectivity index (χ0n) is 12.0. The summed E-state index contributed by atoms with van der Waals surface area (Å²) in [4.78, 5) is 12.3. The number of hydrogen-bond acceptors (Lipinski definition) is 5. The molecule has 1 aromatic rings. The van der Waals surface area contributed by atoms with Crippen molar-refractivity contribution in [2.24, 2.45) is 0 Å². The highest BCUT2D eigenvalue weighted by molar-refractivity contribution is 8.00. The molecule has 0 radical (unpaired) electrons. The van der Waals surface area contributed by atoms with Crippen molar-refractivity contribution in [1.29, 1.82) is 0 Å². The zero-order chi connectivity index (χ0) is 15.7. The fourth-order valence-corrected chi connectivity index (χ4v) is 3.78. The first-order chi connectivity index (χ1) is 9.93. The van der Waals surface area contributed by atoms with Gasteiger partial charge in [0, 0.05) is 22.9 Å². The fourth-order valence-electron chi connectivity index (χ4n) is 1.48. The Hall–Kier alpha value is -1.41. The smallest absolute Gasteiger partial charge is 0.328 e. The molecular weight excluding hydrogens is 310 g/mol. The maximum atomic E-state index is 11.7. The number of nitrogens with two attached hydrogens (primary N) is 1. The van der Waals surface area contributed by atoms with Gasteiger partial charge in [-0.05, 0) is 24.6 Å². The predicted octanol–water partition coefficient (Wildman–Crippen LogP) is 1.79. The average Bonchev–Trinajstić information content (AvgIpc) is 2.38. The number of carbonyl (C=O) groups excluding carboxylic acids is 1. The second kappa shape index (κ2) is 8.78. The first kappa shape index (κ1) is 17.6. The minimum Gasteiger partial charge on any atom is -0.399 e. The van der Waals surface area contributed by atoms with E-state index >= 15 is 0 Å². The molecular formula is C13H21N3O3S2. The Morgan fingerprint density at radius 1 is 1.38 bits per heavy atom. The van der Waals surface area contributed by atoms with Gasteiger partial charge in [0.2, 0.25) is 10.0 Å². The molecule has 0 unspecified atom stereocenters. The van der Waals surface area contributed by atoms with Crippen LogP contribution in [0.5, 0.6) is 0 Å². The molecule has 21 heavy (non-hydrogen) atoms. The van der Waals surface area contributed by atoms with Crippen LogP contribution in [0.1, 0.15) is 19.8 Å². The summed E-state index contributed by atoms with van der Waals surface area (Å²) in [6.07, 6.45) is 1.75. The maximum absolute atomic E-state index is 11.7. The molecule has 1 rings (SSSR count). The number of anilines is 1. The van der Waals surface area contributed by atoms with Crippen molar-refractivity contribution < 1.29 is 13.2 Å². The third kappa shape index (κ3) is 7.81. The molecule has 4 N–H and O–H groups in total. The highest BCUT2D eigenvalue weighted by Crippen LogP contribution is 2.20. The Labute approximate surface area is 129 Å². The largest absolute Gasteiger partial charge is 0.399 e. The standard InChI is InChI=1S/C13H21N3O3S2/c1-2-3-7-15-13(17)16-21(18,19)9-8-20-12-6-4-5-11(14)10-12/h4-6,10H,2-3,7-9,14H2,1H3,(H2,15,16,17). The number of hydrogen-bond donors (Lipinski definition) is 3. The van der Waals surface area contributed by atoms with E-state index in [1.54, 1.807) is 12.1 Å². The van der Waals surface area contributed by atoms with Crippen molar-refractivity contribution in [2.45, 2.75) is 24.7 Å². The molecule has 0 heterocycles. The topological polar surface area (TPSA) is 101 Å². The second-order valence-electron chi connectivity index (χ2n) is 4.45. The van der Waals surface area contributed by atoms with E-state index in [9.17, 15) is 13.2 Å². The van der Waals surface area contributed by atoms with Gasteiger partial charge in [-0.3, -0.25) is 0 Å². The molecule has 0 aliphatic rings. The summed E-state index contributed by atoms with van der Waals surface area (Å²) in [7, 11) is -3.61. The Morgan fingerprint density at radius 3 is 2.81 bits per heavy atom.